The number of methoxy groups -OCH3 is 1. The lowest BCUT2D eigenvalue weighted by Crippen LogP contribution is -2.03. The van der Waals surface area contributed by atoms with E-state index in [9.17, 15) is 10.1 Å². The molecule has 0 atom stereocenters. The molecule has 2 rings (SSSR count). The Morgan fingerprint density at radius 3 is 2.81 bits per heavy atom. The maximum absolute atomic E-state index is 10.8. The van der Waals surface area contributed by atoms with Gasteiger partial charge >= 0.3 is 0 Å². The van der Waals surface area contributed by atoms with E-state index in [1.807, 2.05) is 0 Å². The molecule has 0 aliphatic rings. The van der Waals surface area contributed by atoms with E-state index in [1.165, 1.54) is 12.1 Å². The van der Waals surface area contributed by atoms with Crippen molar-refractivity contribution >= 4 is 28.7 Å². The van der Waals surface area contributed by atoms with Crippen molar-refractivity contribution in [2.24, 2.45) is 0 Å². The molecule has 0 heterocycles. The molecule has 0 radical (unpaired) electrons. The van der Waals surface area contributed by atoms with Crippen LogP contribution in [0, 0.1) is 10.1 Å². The summed E-state index contributed by atoms with van der Waals surface area (Å²) in [5, 5.41) is 14.4. The fourth-order valence-corrected chi connectivity index (χ4v) is 2.17. The molecule has 110 valence electrons. The number of hydrogen-bond acceptors (Lipinski definition) is 5. The van der Waals surface area contributed by atoms with Crippen LogP contribution in [0.25, 0.3) is 0 Å². The second kappa shape index (κ2) is 6.32. The first-order valence-corrected chi connectivity index (χ1v) is 6.49. The minimum absolute atomic E-state index is 0.0661. The average Bonchev–Trinajstić information content (AvgIpc) is 2.45. The fraction of sp³-hybridized carbons (Fsp3) is 0.143. The largest absolute Gasteiger partial charge is 0.496 e. The van der Waals surface area contributed by atoms with Crippen LogP contribution in [0.4, 0.5) is 17.1 Å². The SMILES string of the molecule is COc1cccc(Cl)c1CNc1cc(N)cc([N+](=O)[O-])c1. The zero-order chi connectivity index (χ0) is 15.4. The molecule has 0 saturated carbocycles. The quantitative estimate of drug-likeness (QED) is 0.501. The Morgan fingerprint density at radius 1 is 1.38 bits per heavy atom. The summed E-state index contributed by atoms with van der Waals surface area (Å²) >= 11 is 6.13. The van der Waals surface area contributed by atoms with Gasteiger partial charge < -0.3 is 15.8 Å². The van der Waals surface area contributed by atoms with Gasteiger partial charge in [0.05, 0.1) is 12.0 Å². The predicted molar refractivity (Wildman–Crippen MR) is 82.8 cm³/mol. The van der Waals surface area contributed by atoms with Crippen LogP contribution in [-0.4, -0.2) is 12.0 Å². The van der Waals surface area contributed by atoms with E-state index in [-0.39, 0.29) is 5.69 Å². The first-order valence-electron chi connectivity index (χ1n) is 6.11. The number of nitrogens with one attached hydrogen (secondary N) is 1. The van der Waals surface area contributed by atoms with Gasteiger partial charge in [-0.3, -0.25) is 10.1 Å². The van der Waals surface area contributed by atoms with Crippen LogP contribution < -0.4 is 15.8 Å². The smallest absolute Gasteiger partial charge is 0.273 e. The van der Waals surface area contributed by atoms with Crippen molar-refractivity contribution in [3.05, 3.63) is 57.1 Å². The number of hydrogen-bond donors (Lipinski definition) is 2. The molecule has 7 heteroatoms. The number of nitrogens with zero attached hydrogens (tertiary/aromatic N) is 1. The summed E-state index contributed by atoms with van der Waals surface area (Å²) in [6, 6.07) is 9.68. The number of rotatable bonds is 5. The summed E-state index contributed by atoms with van der Waals surface area (Å²) in [5.41, 5.74) is 7.22. The standard InChI is InChI=1S/C14H14ClN3O3/c1-21-14-4-2-3-13(15)12(14)8-17-10-5-9(16)6-11(7-10)18(19)20/h2-7,17H,8,16H2,1H3. The van der Waals surface area contributed by atoms with E-state index in [1.54, 1.807) is 31.4 Å². The Morgan fingerprint density at radius 2 is 2.14 bits per heavy atom. The summed E-state index contributed by atoms with van der Waals surface area (Å²) in [7, 11) is 1.56. The number of nitrogen functional groups attached to an aromatic ring is 1. The molecule has 0 aromatic heterocycles. The summed E-state index contributed by atoms with van der Waals surface area (Å²) < 4.78 is 5.24. The third-order valence-corrected chi connectivity index (χ3v) is 3.27. The molecule has 2 aromatic rings. The lowest BCUT2D eigenvalue weighted by Gasteiger charge is -2.12. The monoisotopic (exact) mass is 307 g/mol. The van der Waals surface area contributed by atoms with Gasteiger partial charge in [-0.1, -0.05) is 17.7 Å². The third kappa shape index (κ3) is 3.55. The lowest BCUT2D eigenvalue weighted by molar-refractivity contribution is -0.384. The van der Waals surface area contributed by atoms with Crippen molar-refractivity contribution < 1.29 is 9.66 Å². The van der Waals surface area contributed by atoms with Crippen LogP contribution in [0.15, 0.2) is 36.4 Å². The van der Waals surface area contributed by atoms with Gasteiger partial charge in [0.25, 0.3) is 5.69 Å². The maximum atomic E-state index is 10.8. The van der Waals surface area contributed by atoms with E-state index < -0.39 is 4.92 Å². The van der Waals surface area contributed by atoms with E-state index in [0.717, 1.165) is 5.56 Å². The first kappa shape index (κ1) is 14.9. The lowest BCUT2D eigenvalue weighted by atomic mass is 10.2. The predicted octanol–water partition coefficient (Wildman–Crippen LogP) is 3.45. The number of benzene rings is 2. The first-order chi connectivity index (χ1) is 10.0. The second-order valence-electron chi connectivity index (χ2n) is 4.34. The summed E-state index contributed by atoms with van der Waals surface area (Å²) in [6.45, 7) is 0.365. The number of non-ortho nitro benzene ring substituents is 1. The topological polar surface area (TPSA) is 90.4 Å². The number of halogens is 1. The summed E-state index contributed by atoms with van der Waals surface area (Å²) in [4.78, 5) is 10.3. The van der Waals surface area contributed by atoms with Crippen LogP contribution in [0.5, 0.6) is 5.75 Å². The molecule has 3 N–H and O–H groups in total. The summed E-state index contributed by atoms with van der Waals surface area (Å²) in [6.07, 6.45) is 0. The van der Waals surface area contributed by atoms with Crippen molar-refractivity contribution in [2.45, 2.75) is 6.54 Å². The average molecular weight is 308 g/mol. The number of nitro groups is 1. The van der Waals surface area contributed by atoms with Crippen molar-refractivity contribution in [3.8, 4) is 5.75 Å². The molecule has 6 nitrogen and oxygen atoms in total. The Bertz CT molecular complexity index is 677. The van der Waals surface area contributed by atoms with Crippen LogP contribution in [0.2, 0.25) is 5.02 Å². The van der Waals surface area contributed by atoms with E-state index in [2.05, 4.69) is 5.32 Å². The zero-order valence-corrected chi connectivity index (χ0v) is 12.1. The van der Waals surface area contributed by atoms with Gasteiger partial charge in [-0.2, -0.15) is 0 Å². The molecule has 0 saturated heterocycles. The Hall–Kier alpha value is -2.47. The highest BCUT2D eigenvalue weighted by Crippen LogP contribution is 2.28. The van der Waals surface area contributed by atoms with Crippen molar-refractivity contribution in [1.29, 1.82) is 0 Å². The van der Waals surface area contributed by atoms with E-state index in [4.69, 9.17) is 22.1 Å². The molecular weight excluding hydrogens is 294 g/mol. The van der Waals surface area contributed by atoms with Gasteiger partial charge in [-0.05, 0) is 18.2 Å². The van der Waals surface area contributed by atoms with Crippen LogP contribution in [0.1, 0.15) is 5.56 Å². The van der Waals surface area contributed by atoms with Gasteiger partial charge in [-0.25, -0.2) is 0 Å². The highest BCUT2D eigenvalue weighted by Gasteiger charge is 2.10. The number of nitrogens with two attached hydrogens (primary N) is 1. The van der Waals surface area contributed by atoms with Gasteiger partial charge in [0, 0.05) is 40.6 Å². The Balaban J connectivity index is 2.23. The molecule has 21 heavy (non-hydrogen) atoms. The van der Waals surface area contributed by atoms with E-state index in [0.29, 0.717) is 28.7 Å². The van der Waals surface area contributed by atoms with Gasteiger partial charge in [-0.15, -0.1) is 0 Å². The molecule has 0 fully saturated rings. The number of anilines is 2. The minimum atomic E-state index is -0.488. The van der Waals surface area contributed by atoms with Crippen molar-refractivity contribution in [3.63, 3.8) is 0 Å². The number of nitro benzene ring substituents is 1. The van der Waals surface area contributed by atoms with Crippen molar-refractivity contribution in [1.82, 2.24) is 0 Å². The molecule has 0 unspecified atom stereocenters. The molecule has 0 aliphatic heterocycles. The van der Waals surface area contributed by atoms with E-state index >= 15 is 0 Å². The molecule has 0 spiro atoms. The fourth-order valence-electron chi connectivity index (χ4n) is 1.93. The Labute approximate surface area is 126 Å². The molecule has 0 bridgehead atoms. The molecule has 0 amide bonds. The maximum Gasteiger partial charge on any atom is 0.273 e. The minimum Gasteiger partial charge on any atom is -0.496 e. The molecule has 2 aromatic carbocycles. The number of ether oxygens (including phenoxy) is 1. The highest BCUT2D eigenvalue weighted by molar-refractivity contribution is 6.31. The van der Waals surface area contributed by atoms with Crippen LogP contribution in [0.3, 0.4) is 0 Å². The molecule has 0 aliphatic carbocycles. The Kier molecular flexibility index (Phi) is 4.49. The second-order valence-corrected chi connectivity index (χ2v) is 4.75. The highest BCUT2D eigenvalue weighted by atomic mass is 35.5. The zero-order valence-electron chi connectivity index (χ0n) is 11.3. The van der Waals surface area contributed by atoms with Crippen LogP contribution >= 0.6 is 11.6 Å². The van der Waals surface area contributed by atoms with Crippen LogP contribution in [-0.2, 0) is 6.54 Å². The van der Waals surface area contributed by atoms with Crippen molar-refractivity contribution in [2.75, 3.05) is 18.2 Å². The van der Waals surface area contributed by atoms with Gasteiger partial charge in [0.2, 0.25) is 0 Å². The summed E-state index contributed by atoms with van der Waals surface area (Å²) in [5.74, 6) is 0.647. The van der Waals surface area contributed by atoms with Gasteiger partial charge in [0.1, 0.15) is 5.75 Å². The normalized spacial score (nSPS) is 10.2. The van der Waals surface area contributed by atoms with Gasteiger partial charge in [0.15, 0.2) is 0 Å². The third-order valence-electron chi connectivity index (χ3n) is 2.92. The molecular formula is C14H14ClN3O3.